The second-order valence-electron chi connectivity index (χ2n) is 3.19. The Morgan fingerprint density at radius 2 is 2.06 bits per heavy atom. The minimum atomic E-state index is 0.624. The molecule has 0 unspecified atom stereocenters. The monoisotopic (exact) mass is 400 g/mol. The van der Waals surface area contributed by atoms with Crippen LogP contribution in [0.15, 0.2) is 44.2 Å². The third-order valence-corrected chi connectivity index (χ3v) is 4.13. The van der Waals surface area contributed by atoms with Gasteiger partial charge in [0.05, 0.1) is 28.0 Å². The van der Waals surface area contributed by atoms with Gasteiger partial charge in [-0.05, 0) is 40.2 Å². The summed E-state index contributed by atoms with van der Waals surface area (Å²) >= 11 is 5.46. The zero-order valence-electron chi connectivity index (χ0n) is 8.52. The Bertz CT molecular complexity index is 576. The second-order valence-corrected chi connectivity index (χ2v) is 5.02. The first-order valence-corrected chi connectivity index (χ1v) is 6.55. The average Bonchev–Trinajstić information content (AvgIpc) is 2.67. The van der Waals surface area contributed by atoms with Gasteiger partial charge in [-0.25, -0.2) is 0 Å². The normalized spacial score (nSPS) is 10.6. The first-order chi connectivity index (χ1) is 8.19. The number of furan rings is 1. The number of halogens is 2. The molecule has 0 saturated heterocycles. The van der Waals surface area contributed by atoms with E-state index in [1.54, 1.807) is 30.5 Å². The van der Waals surface area contributed by atoms with Crippen LogP contribution in [-0.2, 0) is 0 Å². The number of rotatable bonds is 2. The van der Waals surface area contributed by atoms with Crippen molar-refractivity contribution in [3.63, 3.8) is 0 Å². The lowest BCUT2D eigenvalue weighted by Crippen LogP contribution is -1.75. The van der Waals surface area contributed by atoms with Gasteiger partial charge in [0, 0.05) is 28.7 Å². The van der Waals surface area contributed by atoms with Gasteiger partial charge in [0.1, 0.15) is 5.76 Å². The maximum Gasteiger partial charge on any atom is 0.178 e. The van der Waals surface area contributed by atoms with Crippen LogP contribution in [0.5, 0.6) is 0 Å². The highest BCUT2D eigenvalue weighted by Gasteiger charge is 2.03. The minimum Gasteiger partial charge on any atom is -0.448 e. The zero-order valence-corrected chi connectivity index (χ0v) is 12.3. The molecule has 0 radical (unpaired) electrons. The van der Waals surface area contributed by atoms with Gasteiger partial charge in [-0.15, -0.1) is 0 Å². The summed E-state index contributed by atoms with van der Waals surface area (Å²) in [6.07, 6.45) is 1.65. The van der Waals surface area contributed by atoms with Crippen molar-refractivity contribution in [3.8, 4) is 6.07 Å². The fraction of sp³-hybridized carbons (Fsp3) is 0. The van der Waals surface area contributed by atoms with E-state index >= 15 is 0 Å². The van der Waals surface area contributed by atoms with E-state index in [2.05, 4.69) is 49.6 Å². The first-order valence-electron chi connectivity index (χ1n) is 4.68. The van der Waals surface area contributed by atoms with Gasteiger partial charge in [-0.1, -0.05) is 0 Å². The van der Waals surface area contributed by atoms with Crippen LogP contribution in [0, 0.1) is 15.1 Å². The highest BCUT2D eigenvalue weighted by atomic mass is 127. The third kappa shape index (κ3) is 3.17. The second kappa shape index (κ2) is 5.47. The molecule has 0 aliphatic heterocycles. The van der Waals surface area contributed by atoms with Crippen LogP contribution in [0.1, 0.15) is 11.3 Å². The maximum absolute atomic E-state index is 8.66. The summed E-state index contributed by atoms with van der Waals surface area (Å²) in [6, 6.07) is 11.0. The Hall–Kier alpha value is -1.13. The Morgan fingerprint density at radius 1 is 1.35 bits per heavy atom. The summed E-state index contributed by atoms with van der Waals surface area (Å²) in [6.45, 7) is 0. The lowest BCUT2D eigenvalue weighted by atomic mass is 10.2. The van der Waals surface area contributed by atoms with Crippen LogP contribution < -0.4 is 0 Å². The molecule has 0 amide bonds. The molecule has 1 aromatic heterocycles. The SMILES string of the molecule is N#Cc1ccc(N=Cc2cc(Br)c(I)o2)cc1. The Labute approximate surface area is 120 Å². The van der Waals surface area contributed by atoms with E-state index in [-0.39, 0.29) is 0 Å². The van der Waals surface area contributed by atoms with Crippen LogP contribution in [0.25, 0.3) is 0 Å². The van der Waals surface area contributed by atoms with E-state index in [1.807, 2.05) is 6.07 Å². The van der Waals surface area contributed by atoms with Gasteiger partial charge in [0.15, 0.2) is 3.77 Å². The summed E-state index contributed by atoms with van der Waals surface area (Å²) < 4.78 is 7.13. The van der Waals surface area contributed by atoms with Crippen molar-refractivity contribution in [2.45, 2.75) is 0 Å². The number of hydrogen-bond acceptors (Lipinski definition) is 3. The van der Waals surface area contributed by atoms with Crippen molar-refractivity contribution in [1.82, 2.24) is 0 Å². The molecule has 2 rings (SSSR count). The van der Waals surface area contributed by atoms with Crippen molar-refractivity contribution < 1.29 is 4.42 Å². The standard InChI is InChI=1S/C12H6BrIN2O/c13-11-5-10(17-12(11)14)7-16-9-3-1-8(6-15)2-4-9/h1-5,7H. The molecule has 0 bridgehead atoms. The largest absolute Gasteiger partial charge is 0.448 e. The van der Waals surface area contributed by atoms with Crippen molar-refractivity contribution >= 4 is 50.4 Å². The van der Waals surface area contributed by atoms with Gasteiger partial charge in [-0.2, -0.15) is 5.26 Å². The van der Waals surface area contributed by atoms with Crippen LogP contribution in [0.4, 0.5) is 5.69 Å². The molecule has 0 aliphatic carbocycles. The Kier molecular flexibility index (Phi) is 3.97. The minimum absolute atomic E-state index is 0.624. The van der Waals surface area contributed by atoms with E-state index in [0.717, 1.165) is 13.9 Å². The van der Waals surface area contributed by atoms with E-state index in [4.69, 9.17) is 9.68 Å². The fourth-order valence-electron chi connectivity index (χ4n) is 1.19. The summed E-state index contributed by atoms with van der Waals surface area (Å²) in [5.74, 6) is 0.686. The summed E-state index contributed by atoms with van der Waals surface area (Å²) in [7, 11) is 0. The number of benzene rings is 1. The average molecular weight is 401 g/mol. The van der Waals surface area contributed by atoms with E-state index in [1.165, 1.54) is 0 Å². The van der Waals surface area contributed by atoms with Crippen molar-refractivity contribution in [1.29, 1.82) is 5.26 Å². The molecule has 0 saturated carbocycles. The first kappa shape index (κ1) is 12.3. The molecule has 1 heterocycles. The van der Waals surface area contributed by atoms with E-state index < -0.39 is 0 Å². The van der Waals surface area contributed by atoms with Gasteiger partial charge in [-0.3, -0.25) is 4.99 Å². The number of hydrogen-bond donors (Lipinski definition) is 0. The lowest BCUT2D eigenvalue weighted by molar-refractivity contribution is 0.530. The predicted octanol–water partition coefficient (Wildman–Crippen LogP) is 4.27. The number of nitrogens with zero attached hydrogens (tertiary/aromatic N) is 2. The van der Waals surface area contributed by atoms with Gasteiger partial charge >= 0.3 is 0 Å². The molecule has 17 heavy (non-hydrogen) atoms. The molecule has 0 aliphatic rings. The van der Waals surface area contributed by atoms with Crippen molar-refractivity contribution in [2.24, 2.45) is 4.99 Å². The lowest BCUT2D eigenvalue weighted by Gasteiger charge is -1.92. The quantitative estimate of drug-likeness (QED) is 0.558. The molecule has 2 aromatic rings. The molecule has 5 heteroatoms. The van der Waals surface area contributed by atoms with Crippen LogP contribution in [0.3, 0.4) is 0 Å². The van der Waals surface area contributed by atoms with Gasteiger partial charge in [0.25, 0.3) is 0 Å². The molecule has 0 spiro atoms. The fourth-order valence-corrected chi connectivity index (χ4v) is 1.90. The van der Waals surface area contributed by atoms with Crippen molar-refractivity contribution in [2.75, 3.05) is 0 Å². The molecule has 1 aromatic carbocycles. The van der Waals surface area contributed by atoms with Crippen LogP contribution in [-0.4, -0.2) is 6.21 Å². The molecular formula is C12H6BrIN2O. The molecule has 0 N–H and O–H groups in total. The Morgan fingerprint density at radius 3 is 2.59 bits per heavy atom. The predicted molar refractivity (Wildman–Crippen MR) is 77.5 cm³/mol. The molecule has 84 valence electrons. The molecule has 0 atom stereocenters. The highest BCUT2D eigenvalue weighted by Crippen LogP contribution is 2.22. The smallest absolute Gasteiger partial charge is 0.178 e. The highest BCUT2D eigenvalue weighted by molar-refractivity contribution is 14.1. The maximum atomic E-state index is 8.66. The topological polar surface area (TPSA) is 49.3 Å². The molecular weight excluding hydrogens is 395 g/mol. The Balaban J connectivity index is 2.17. The van der Waals surface area contributed by atoms with Crippen LogP contribution >= 0.6 is 38.5 Å². The van der Waals surface area contributed by atoms with Gasteiger partial charge < -0.3 is 4.42 Å². The summed E-state index contributed by atoms with van der Waals surface area (Å²) in [5.41, 5.74) is 1.41. The van der Waals surface area contributed by atoms with Gasteiger partial charge in [0.2, 0.25) is 0 Å². The molecule has 0 fully saturated rings. The summed E-state index contributed by atoms with van der Waals surface area (Å²) in [5, 5.41) is 8.66. The molecule has 3 nitrogen and oxygen atoms in total. The number of aliphatic imine (C=N–C) groups is 1. The van der Waals surface area contributed by atoms with Crippen molar-refractivity contribution in [3.05, 3.63) is 49.9 Å². The zero-order chi connectivity index (χ0) is 12.3. The summed E-state index contributed by atoms with van der Waals surface area (Å²) in [4.78, 5) is 4.25. The number of nitriles is 1. The third-order valence-electron chi connectivity index (χ3n) is 2.00. The van der Waals surface area contributed by atoms with Crippen LogP contribution in [0.2, 0.25) is 0 Å². The van der Waals surface area contributed by atoms with E-state index in [9.17, 15) is 0 Å². The van der Waals surface area contributed by atoms with E-state index in [0.29, 0.717) is 11.3 Å².